The molecule has 2 aromatic rings. The molecule has 7 nitrogen and oxygen atoms in total. The lowest BCUT2D eigenvalue weighted by Crippen LogP contribution is -2.08. The molecule has 0 radical (unpaired) electrons. The molecule has 0 unspecified atom stereocenters. The van der Waals surface area contributed by atoms with E-state index < -0.39 is 0 Å². The highest BCUT2D eigenvalue weighted by molar-refractivity contribution is 9.11. The number of nitrogens with zero attached hydrogens (tertiary/aromatic N) is 5. The van der Waals surface area contributed by atoms with Gasteiger partial charge in [-0.3, -0.25) is 20.8 Å². The van der Waals surface area contributed by atoms with Gasteiger partial charge in [0.2, 0.25) is 0 Å². The van der Waals surface area contributed by atoms with Crippen LogP contribution in [0.5, 0.6) is 5.75 Å². The Labute approximate surface area is 132 Å². The molecule has 0 spiro atoms. The minimum absolute atomic E-state index is 0.0498. The van der Waals surface area contributed by atoms with Gasteiger partial charge < -0.3 is 4.74 Å². The number of aromatic nitrogens is 4. The van der Waals surface area contributed by atoms with Crippen LogP contribution >= 0.6 is 31.9 Å². The number of hydrogen-bond donors (Lipinski definition) is 1. The van der Waals surface area contributed by atoms with Gasteiger partial charge in [0, 0.05) is 16.3 Å². The molecule has 1 aromatic carbocycles. The maximum atomic E-state index is 5.77. The normalized spacial score (nSPS) is 11.2. The standard InChI is InChI=1S/C11H11Br2N6O/c1-6(2)20-10-7(3-8(12)4-9(10)13)5-14-15-11-16-18-19-17-11/h3-6H,1-2H3,(H-,15,16,17,18,19)/q-1/b14-5-. The Morgan fingerprint density at radius 1 is 1.40 bits per heavy atom. The molecule has 0 fully saturated rings. The molecule has 0 saturated carbocycles. The molecular formula is C11H11Br2N6O-. The van der Waals surface area contributed by atoms with Crippen molar-refractivity contribution in [2.24, 2.45) is 5.10 Å². The number of benzene rings is 1. The van der Waals surface area contributed by atoms with Gasteiger partial charge in [-0.2, -0.15) is 0 Å². The number of hydrogen-bond acceptors (Lipinski definition) is 5. The largest absolute Gasteiger partial charge is 0.489 e. The van der Waals surface area contributed by atoms with E-state index in [0.29, 0.717) is 5.75 Å². The molecule has 1 heterocycles. The van der Waals surface area contributed by atoms with Crippen molar-refractivity contribution in [3.05, 3.63) is 32.1 Å². The Balaban J connectivity index is 2.22. The van der Waals surface area contributed by atoms with E-state index in [1.807, 2.05) is 26.0 Å². The minimum Gasteiger partial charge on any atom is -0.489 e. The zero-order valence-electron chi connectivity index (χ0n) is 10.7. The van der Waals surface area contributed by atoms with Crippen LogP contribution in [0.25, 0.3) is 5.43 Å². The van der Waals surface area contributed by atoms with E-state index in [2.05, 4.69) is 63.0 Å². The van der Waals surface area contributed by atoms with Crippen LogP contribution in [0.15, 0.2) is 26.2 Å². The second-order valence-electron chi connectivity index (χ2n) is 4.03. The predicted octanol–water partition coefficient (Wildman–Crippen LogP) is 3.55. The predicted molar refractivity (Wildman–Crippen MR) is 82.4 cm³/mol. The maximum Gasteiger partial charge on any atom is 0.142 e. The van der Waals surface area contributed by atoms with Crippen molar-refractivity contribution in [2.75, 3.05) is 0 Å². The SMILES string of the molecule is CC(C)Oc1c(Br)cc(Br)cc1/C=N\[N-]c1nn[nH]n1. The molecular weight excluding hydrogens is 392 g/mol. The van der Waals surface area contributed by atoms with E-state index in [0.717, 1.165) is 14.5 Å². The fraction of sp³-hybridized carbons (Fsp3) is 0.273. The van der Waals surface area contributed by atoms with Crippen LogP contribution in [0.4, 0.5) is 5.95 Å². The molecule has 0 aliphatic carbocycles. The van der Waals surface area contributed by atoms with Crippen molar-refractivity contribution in [1.29, 1.82) is 0 Å². The average Bonchev–Trinajstić information content (AvgIpc) is 2.86. The third kappa shape index (κ3) is 4.01. The van der Waals surface area contributed by atoms with Gasteiger partial charge in [0.25, 0.3) is 0 Å². The van der Waals surface area contributed by atoms with E-state index in [-0.39, 0.29) is 12.1 Å². The Hall–Kier alpha value is -1.48. The van der Waals surface area contributed by atoms with Crippen LogP contribution in [0, 0.1) is 0 Å². The van der Waals surface area contributed by atoms with Crippen LogP contribution in [0.2, 0.25) is 0 Å². The van der Waals surface area contributed by atoms with Crippen molar-refractivity contribution in [3.63, 3.8) is 0 Å². The van der Waals surface area contributed by atoms with Crippen LogP contribution in [-0.4, -0.2) is 32.9 Å². The van der Waals surface area contributed by atoms with Gasteiger partial charge >= 0.3 is 0 Å². The summed E-state index contributed by atoms with van der Waals surface area (Å²) in [6.07, 6.45) is 1.62. The average molecular weight is 403 g/mol. The van der Waals surface area contributed by atoms with Crippen molar-refractivity contribution < 1.29 is 4.74 Å². The smallest absolute Gasteiger partial charge is 0.142 e. The quantitative estimate of drug-likeness (QED) is 0.611. The minimum atomic E-state index is 0.0498. The number of ether oxygens (including phenoxy) is 1. The molecule has 1 N–H and O–H groups in total. The summed E-state index contributed by atoms with van der Waals surface area (Å²) in [4.78, 5) is 0. The lowest BCUT2D eigenvalue weighted by molar-refractivity contribution is 0.240. The highest BCUT2D eigenvalue weighted by Crippen LogP contribution is 2.33. The van der Waals surface area contributed by atoms with Gasteiger partial charge in [-0.15, -0.1) is 5.21 Å². The van der Waals surface area contributed by atoms with E-state index in [1.165, 1.54) is 0 Å². The molecule has 9 heteroatoms. The van der Waals surface area contributed by atoms with Gasteiger partial charge in [-0.1, -0.05) is 15.9 Å². The number of nitrogens with one attached hydrogen (secondary N) is 1. The Morgan fingerprint density at radius 3 is 2.85 bits per heavy atom. The fourth-order valence-electron chi connectivity index (χ4n) is 1.38. The first-order valence-corrected chi connectivity index (χ1v) is 7.28. The van der Waals surface area contributed by atoms with Gasteiger partial charge in [-0.25, -0.2) is 5.10 Å². The fourth-order valence-corrected chi connectivity index (χ4v) is 2.73. The highest BCUT2D eigenvalue weighted by Gasteiger charge is 2.10. The second kappa shape index (κ2) is 6.80. The van der Waals surface area contributed by atoms with Crippen molar-refractivity contribution in [3.8, 4) is 5.75 Å². The summed E-state index contributed by atoms with van der Waals surface area (Å²) >= 11 is 6.90. The maximum absolute atomic E-state index is 5.77. The molecule has 0 aliphatic heterocycles. The third-order valence-corrected chi connectivity index (χ3v) is 3.12. The van der Waals surface area contributed by atoms with Gasteiger partial charge in [0.1, 0.15) is 5.75 Å². The molecule has 0 saturated heterocycles. The summed E-state index contributed by atoms with van der Waals surface area (Å²) in [5.41, 5.74) is 4.59. The topological polar surface area (TPSA) is 90.1 Å². The van der Waals surface area contributed by atoms with E-state index in [9.17, 15) is 0 Å². The summed E-state index contributed by atoms with van der Waals surface area (Å²) < 4.78 is 7.51. The van der Waals surface area contributed by atoms with Crippen molar-refractivity contribution in [2.45, 2.75) is 20.0 Å². The lowest BCUT2D eigenvalue weighted by Gasteiger charge is -2.14. The van der Waals surface area contributed by atoms with Crippen LogP contribution in [0.3, 0.4) is 0 Å². The highest BCUT2D eigenvalue weighted by atomic mass is 79.9. The Bertz CT molecular complexity index is 599. The van der Waals surface area contributed by atoms with Crippen molar-refractivity contribution >= 4 is 44.0 Å². The third-order valence-electron chi connectivity index (χ3n) is 2.07. The molecule has 2 rings (SSSR count). The second-order valence-corrected chi connectivity index (χ2v) is 5.80. The zero-order chi connectivity index (χ0) is 14.5. The first-order chi connectivity index (χ1) is 9.56. The van der Waals surface area contributed by atoms with Gasteiger partial charge in [-0.05, 0) is 41.9 Å². The van der Waals surface area contributed by atoms with E-state index in [4.69, 9.17) is 4.74 Å². The number of H-pyrrole nitrogens is 1. The van der Waals surface area contributed by atoms with Crippen molar-refractivity contribution in [1.82, 2.24) is 20.6 Å². The monoisotopic (exact) mass is 401 g/mol. The molecule has 0 atom stereocenters. The summed E-state index contributed by atoms with van der Waals surface area (Å²) in [5.74, 6) is 0.872. The van der Waals surface area contributed by atoms with E-state index in [1.54, 1.807) is 6.21 Å². The molecule has 1 aromatic heterocycles. The zero-order valence-corrected chi connectivity index (χ0v) is 13.9. The summed E-state index contributed by atoms with van der Waals surface area (Å²) in [7, 11) is 0. The van der Waals surface area contributed by atoms with Gasteiger partial charge in [0.05, 0.1) is 16.5 Å². The Kier molecular flexibility index (Phi) is 5.07. The number of halogens is 2. The molecule has 106 valence electrons. The van der Waals surface area contributed by atoms with Crippen LogP contribution in [0.1, 0.15) is 19.4 Å². The first-order valence-electron chi connectivity index (χ1n) is 5.69. The number of aromatic amines is 1. The van der Waals surface area contributed by atoms with Crippen LogP contribution in [-0.2, 0) is 0 Å². The summed E-state index contributed by atoms with van der Waals surface area (Å²) in [5, 5.41) is 17.0. The summed E-state index contributed by atoms with van der Waals surface area (Å²) in [6, 6.07) is 3.79. The molecule has 0 amide bonds. The van der Waals surface area contributed by atoms with E-state index >= 15 is 0 Å². The first kappa shape index (κ1) is 14.9. The van der Waals surface area contributed by atoms with Crippen LogP contribution < -0.4 is 4.74 Å². The molecule has 0 bridgehead atoms. The molecule has 0 aliphatic rings. The van der Waals surface area contributed by atoms with Gasteiger partial charge in [0.15, 0.2) is 0 Å². The molecule has 20 heavy (non-hydrogen) atoms. The number of rotatable bonds is 5. The number of tetrazole rings is 1. The summed E-state index contributed by atoms with van der Waals surface area (Å²) in [6.45, 7) is 3.91. The lowest BCUT2D eigenvalue weighted by atomic mass is 10.2. The Morgan fingerprint density at radius 2 is 2.20 bits per heavy atom.